The van der Waals surface area contributed by atoms with Crippen molar-refractivity contribution < 1.29 is 9.90 Å². The Morgan fingerprint density at radius 2 is 2.21 bits per heavy atom. The van der Waals surface area contributed by atoms with E-state index in [1.807, 2.05) is 6.07 Å². The molecule has 72 valence electrons. The quantitative estimate of drug-likeness (QED) is 0.784. The maximum Gasteiger partial charge on any atom is 0.337 e. The van der Waals surface area contributed by atoms with Crippen LogP contribution < -0.4 is 0 Å². The van der Waals surface area contributed by atoms with E-state index < -0.39 is 5.97 Å². The topological polar surface area (TPSA) is 42.2 Å². The molecule has 0 radical (unpaired) electrons. The fourth-order valence-corrected chi connectivity index (χ4v) is 1.83. The van der Waals surface area contributed by atoms with Crippen molar-refractivity contribution in [1.29, 1.82) is 0 Å². The van der Waals surface area contributed by atoms with E-state index in [0.717, 1.165) is 5.52 Å². The lowest BCUT2D eigenvalue weighted by Gasteiger charge is -1.96. The molecule has 0 amide bonds. The molecule has 3 nitrogen and oxygen atoms in total. The van der Waals surface area contributed by atoms with Gasteiger partial charge in [-0.25, -0.2) is 4.79 Å². The van der Waals surface area contributed by atoms with Crippen molar-refractivity contribution in [3.05, 3.63) is 35.0 Å². The fraction of sp³-hybridized carbons (Fsp3) is 0.100. The Bertz CT molecular complexity index is 516. The fourth-order valence-electron chi connectivity index (χ4n) is 1.56. The third kappa shape index (κ3) is 1.17. The second kappa shape index (κ2) is 3.03. The Morgan fingerprint density at radius 3 is 2.86 bits per heavy atom. The van der Waals surface area contributed by atoms with E-state index >= 15 is 0 Å². The minimum Gasteiger partial charge on any atom is -0.478 e. The van der Waals surface area contributed by atoms with E-state index in [-0.39, 0.29) is 5.56 Å². The maximum atomic E-state index is 10.9. The molecule has 0 aliphatic heterocycles. The summed E-state index contributed by atoms with van der Waals surface area (Å²) in [5.41, 5.74) is 1.07. The number of nitrogens with zero attached hydrogens (tertiary/aromatic N) is 1. The van der Waals surface area contributed by atoms with E-state index in [4.69, 9.17) is 16.7 Å². The minimum absolute atomic E-state index is 0.244. The molecule has 1 heterocycles. The van der Waals surface area contributed by atoms with Gasteiger partial charge in [-0.1, -0.05) is 17.7 Å². The summed E-state index contributed by atoms with van der Waals surface area (Å²) >= 11 is 5.94. The number of aromatic carboxylic acids is 1. The van der Waals surface area contributed by atoms with Crippen LogP contribution in [0.25, 0.3) is 10.9 Å². The van der Waals surface area contributed by atoms with E-state index in [9.17, 15) is 4.79 Å². The van der Waals surface area contributed by atoms with Gasteiger partial charge in [0.15, 0.2) is 0 Å². The van der Waals surface area contributed by atoms with Crippen molar-refractivity contribution in [3.8, 4) is 0 Å². The van der Waals surface area contributed by atoms with Gasteiger partial charge in [0, 0.05) is 18.6 Å². The first-order chi connectivity index (χ1) is 6.61. The summed E-state index contributed by atoms with van der Waals surface area (Å²) in [7, 11) is 1.80. The van der Waals surface area contributed by atoms with Crippen LogP contribution in [0.4, 0.5) is 0 Å². The molecule has 0 atom stereocenters. The van der Waals surface area contributed by atoms with Crippen LogP contribution in [0.5, 0.6) is 0 Å². The smallest absolute Gasteiger partial charge is 0.337 e. The third-order valence-electron chi connectivity index (χ3n) is 2.19. The summed E-state index contributed by atoms with van der Waals surface area (Å²) in [6.45, 7) is 0. The molecule has 0 aliphatic carbocycles. The van der Waals surface area contributed by atoms with Crippen LogP contribution >= 0.6 is 11.6 Å². The lowest BCUT2D eigenvalue weighted by molar-refractivity contribution is 0.0699. The zero-order valence-corrected chi connectivity index (χ0v) is 8.25. The second-order valence-electron chi connectivity index (χ2n) is 3.09. The Hall–Kier alpha value is -1.48. The number of carbonyl (C=O) groups is 1. The average molecular weight is 210 g/mol. The Kier molecular flexibility index (Phi) is 1.97. The molecule has 1 N–H and O–H groups in total. The Labute approximate surface area is 85.5 Å². The van der Waals surface area contributed by atoms with Gasteiger partial charge in [-0.3, -0.25) is 0 Å². The number of benzene rings is 1. The van der Waals surface area contributed by atoms with Crippen LogP contribution in [0.15, 0.2) is 24.4 Å². The molecule has 4 heteroatoms. The molecule has 2 rings (SSSR count). The number of aromatic nitrogens is 1. The van der Waals surface area contributed by atoms with Crippen LogP contribution in [-0.4, -0.2) is 15.6 Å². The van der Waals surface area contributed by atoms with E-state index in [2.05, 4.69) is 0 Å². The van der Waals surface area contributed by atoms with Crippen LogP contribution in [0.2, 0.25) is 5.02 Å². The molecule has 0 aliphatic rings. The number of fused-ring (bicyclic) bond motifs is 1. The lowest BCUT2D eigenvalue weighted by atomic mass is 10.2. The molecule has 1 aromatic heterocycles. The Balaban J connectivity index is 2.93. The SMILES string of the molecule is Cn1cc(C(=O)O)c2c(Cl)cccc21. The standard InChI is InChI=1S/C10H8ClNO2/c1-12-5-6(10(13)14)9-7(11)3-2-4-8(9)12/h2-5H,1H3,(H,13,14). The third-order valence-corrected chi connectivity index (χ3v) is 2.51. The molecule has 0 bridgehead atoms. The number of aryl methyl sites for hydroxylation is 1. The summed E-state index contributed by atoms with van der Waals surface area (Å²) in [6.07, 6.45) is 1.57. The zero-order chi connectivity index (χ0) is 10.3. The van der Waals surface area contributed by atoms with Gasteiger partial charge in [-0.05, 0) is 12.1 Å². The second-order valence-corrected chi connectivity index (χ2v) is 3.50. The Morgan fingerprint density at radius 1 is 1.50 bits per heavy atom. The van der Waals surface area contributed by atoms with Crippen LogP contribution in [0.3, 0.4) is 0 Å². The van der Waals surface area contributed by atoms with Gasteiger partial charge in [0.1, 0.15) is 0 Å². The van der Waals surface area contributed by atoms with Gasteiger partial charge < -0.3 is 9.67 Å². The average Bonchev–Trinajstić information content (AvgIpc) is 2.46. The highest BCUT2D eigenvalue weighted by molar-refractivity contribution is 6.36. The highest BCUT2D eigenvalue weighted by Gasteiger charge is 2.14. The molecule has 0 saturated heterocycles. The van der Waals surface area contributed by atoms with Crippen molar-refractivity contribution >= 4 is 28.5 Å². The van der Waals surface area contributed by atoms with Crippen molar-refractivity contribution in [1.82, 2.24) is 4.57 Å². The maximum absolute atomic E-state index is 10.9. The predicted molar refractivity (Wildman–Crippen MR) is 54.9 cm³/mol. The van der Waals surface area contributed by atoms with Crippen molar-refractivity contribution in [2.45, 2.75) is 0 Å². The first kappa shape index (κ1) is 9.09. The van der Waals surface area contributed by atoms with E-state index in [1.165, 1.54) is 0 Å². The number of halogens is 1. The summed E-state index contributed by atoms with van der Waals surface area (Å²) in [5.74, 6) is -0.955. The first-order valence-corrected chi connectivity index (χ1v) is 4.46. The van der Waals surface area contributed by atoms with Crippen molar-refractivity contribution in [2.75, 3.05) is 0 Å². The summed E-state index contributed by atoms with van der Waals surface area (Å²) in [4.78, 5) is 10.9. The van der Waals surface area contributed by atoms with E-state index in [0.29, 0.717) is 10.4 Å². The summed E-state index contributed by atoms with van der Waals surface area (Å²) in [6, 6.07) is 5.33. The van der Waals surface area contributed by atoms with Crippen molar-refractivity contribution in [2.24, 2.45) is 7.05 Å². The van der Waals surface area contributed by atoms with Gasteiger partial charge in [-0.2, -0.15) is 0 Å². The van der Waals surface area contributed by atoms with Gasteiger partial charge in [0.2, 0.25) is 0 Å². The first-order valence-electron chi connectivity index (χ1n) is 4.08. The van der Waals surface area contributed by atoms with Crippen LogP contribution in [0, 0.1) is 0 Å². The molecule has 0 fully saturated rings. The predicted octanol–water partition coefficient (Wildman–Crippen LogP) is 2.53. The molecule has 14 heavy (non-hydrogen) atoms. The number of carboxylic acids is 1. The van der Waals surface area contributed by atoms with Crippen LogP contribution in [-0.2, 0) is 7.05 Å². The molecule has 0 unspecified atom stereocenters. The molecule has 0 spiro atoms. The lowest BCUT2D eigenvalue weighted by Crippen LogP contribution is -1.94. The summed E-state index contributed by atoms with van der Waals surface area (Å²) < 4.78 is 1.75. The normalized spacial score (nSPS) is 10.7. The van der Waals surface area contributed by atoms with E-state index in [1.54, 1.807) is 29.9 Å². The largest absolute Gasteiger partial charge is 0.478 e. The molecule has 1 aromatic carbocycles. The monoisotopic (exact) mass is 209 g/mol. The highest BCUT2D eigenvalue weighted by atomic mass is 35.5. The summed E-state index contributed by atoms with van der Waals surface area (Å²) in [5, 5.41) is 10.0. The van der Waals surface area contributed by atoms with Gasteiger partial charge >= 0.3 is 5.97 Å². The zero-order valence-electron chi connectivity index (χ0n) is 7.49. The molecular weight excluding hydrogens is 202 g/mol. The van der Waals surface area contributed by atoms with Crippen LogP contribution in [0.1, 0.15) is 10.4 Å². The molecular formula is C10H8ClNO2. The minimum atomic E-state index is -0.955. The van der Waals surface area contributed by atoms with Crippen molar-refractivity contribution in [3.63, 3.8) is 0 Å². The van der Waals surface area contributed by atoms with Gasteiger partial charge in [0.25, 0.3) is 0 Å². The number of carboxylic acid groups (broad SMARTS) is 1. The van der Waals surface area contributed by atoms with Gasteiger partial charge in [-0.15, -0.1) is 0 Å². The number of hydrogen-bond donors (Lipinski definition) is 1. The highest BCUT2D eigenvalue weighted by Crippen LogP contribution is 2.27. The van der Waals surface area contributed by atoms with Gasteiger partial charge in [0.05, 0.1) is 16.1 Å². The molecule has 2 aromatic rings. The molecule has 0 saturated carbocycles. The number of rotatable bonds is 1. The number of hydrogen-bond acceptors (Lipinski definition) is 1.